The Morgan fingerprint density at radius 2 is 2.08 bits per heavy atom. The molecule has 1 aromatic carbocycles. The topological polar surface area (TPSA) is 45.2 Å². The molecule has 2 aromatic rings. The van der Waals surface area contributed by atoms with E-state index in [9.17, 15) is 4.79 Å². The maximum Gasteiger partial charge on any atom is 0.252 e. The number of anilines is 1. The first-order valence-corrected chi connectivity index (χ1v) is 10.5. The second-order valence-corrected chi connectivity index (χ2v) is 8.23. The third kappa shape index (κ3) is 3.76. The largest absolute Gasteiger partial charge is 0.355 e. The van der Waals surface area contributed by atoms with Crippen molar-refractivity contribution in [2.24, 2.45) is 0 Å². The molecule has 1 unspecified atom stereocenters. The summed E-state index contributed by atoms with van der Waals surface area (Å²) >= 11 is 1.94. The first-order valence-electron chi connectivity index (χ1n) is 9.23. The van der Waals surface area contributed by atoms with Crippen LogP contribution in [0.1, 0.15) is 42.5 Å². The highest BCUT2D eigenvalue weighted by Gasteiger charge is 2.26. The SMILES string of the molecule is CSC1CCCCN(c2cc(C(=O)NC3CC3)c3ccccc3n2)C1. The van der Waals surface area contributed by atoms with Crippen molar-refractivity contribution >= 4 is 34.4 Å². The molecule has 2 aliphatic rings. The van der Waals surface area contributed by atoms with E-state index >= 15 is 0 Å². The van der Waals surface area contributed by atoms with E-state index in [4.69, 9.17) is 4.98 Å². The summed E-state index contributed by atoms with van der Waals surface area (Å²) in [4.78, 5) is 20.0. The quantitative estimate of drug-likeness (QED) is 0.905. The van der Waals surface area contributed by atoms with Crippen LogP contribution >= 0.6 is 11.8 Å². The Bertz CT molecular complexity index is 775. The lowest BCUT2D eigenvalue weighted by atomic mass is 10.1. The van der Waals surface area contributed by atoms with Crippen LogP contribution in [0.4, 0.5) is 5.82 Å². The summed E-state index contributed by atoms with van der Waals surface area (Å²) in [5.74, 6) is 0.985. The van der Waals surface area contributed by atoms with E-state index in [2.05, 4.69) is 16.5 Å². The van der Waals surface area contributed by atoms with Crippen molar-refractivity contribution in [2.45, 2.75) is 43.4 Å². The maximum atomic E-state index is 12.8. The number of carbonyl (C=O) groups is 1. The second-order valence-electron chi connectivity index (χ2n) is 7.09. The van der Waals surface area contributed by atoms with Crippen LogP contribution in [-0.4, -0.2) is 41.5 Å². The Morgan fingerprint density at radius 1 is 1.24 bits per heavy atom. The molecule has 25 heavy (non-hydrogen) atoms. The van der Waals surface area contributed by atoms with Gasteiger partial charge in [0.1, 0.15) is 5.82 Å². The number of amides is 1. The van der Waals surface area contributed by atoms with Crippen molar-refractivity contribution in [1.29, 1.82) is 0 Å². The van der Waals surface area contributed by atoms with Crippen LogP contribution < -0.4 is 10.2 Å². The molecule has 2 fully saturated rings. The number of aromatic nitrogens is 1. The van der Waals surface area contributed by atoms with Gasteiger partial charge in [0.15, 0.2) is 0 Å². The average molecular weight is 356 g/mol. The average Bonchev–Trinajstić information content (AvgIpc) is 3.47. The lowest BCUT2D eigenvalue weighted by Gasteiger charge is -2.25. The molecule has 2 heterocycles. The zero-order chi connectivity index (χ0) is 17.2. The van der Waals surface area contributed by atoms with E-state index < -0.39 is 0 Å². The summed E-state index contributed by atoms with van der Waals surface area (Å²) in [5, 5.41) is 4.72. The van der Waals surface area contributed by atoms with E-state index in [1.165, 1.54) is 19.3 Å². The molecule has 0 bridgehead atoms. The fourth-order valence-corrected chi connectivity index (χ4v) is 4.24. The van der Waals surface area contributed by atoms with Crippen molar-refractivity contribution in [3.8, 4) is 0 Å². The van der Waals surface area contributed by atoms with Gasteiger partial charge in [-0.25, -0.2) is 4.98 Å². The highest BCUT2D eigenvalue weighted by atomic mass is 32.2. The number of para-hydroxylation sites is 1. The van der Waals surface area contributed by atoms with Crippen molar-refractivity contribution in [1.82, 2.24) is 10.3 Å². The Morgan fingerprint density at radius 3 is 2.88 bits per heavy atom. The molecule has 0 radical (unpaired) electrons. The molecule has 1 aliphatic heterocycles. The first-order chi connectivity index (χ1) is 12.2. The van der Waals surface area contributed by atoms with Gasteiger partial charge in [-0.3, -0.25) is 4.79 Å². The molecule has 1 aliphatic carbocycles. The van der Waals surface area contributed by atoms with Gasteiger partial charge in [-0.1, -0.05) is 24.6 Å². The molecule has 1 saturated heterocycles. The highest BCUT2D eigenvalue weighted by molar-refractivity contribution is 7.99. The first kappa shape index (κ1) is 16.7. The van der Waals surface area contributed by atoms with Crippen LogP contribution in [0.3, 0.4) is 0 Å². The fraction of sp³-hybridized carbons (Fsp3) is 0.500. The fourth-order valence-electron chi connectivity index (χ4n) is 3.51. The predicted octanol–water partition coefficient (Wildman–Crippen LogP) is 3.85. The van der Waals surface area contributed by atoms with E-state index in [1.807, 2.05) is 42.1 Å². The van der Waals surface area contributed by atoms with Gasteiger partial charge < -0.3 is 10.2 Å². The number of hydrogen-bond acceptors (Lipinski definition) is 4. The summed E-state index contributed by atoms with van der Waals surface area (Å²) in [6, 6.07) is 10.4. The zero-order valence-electron chi connectivity index (χ0n) is 14.7. The van der Waals surface area contributed by atoms with Crippen molar-refractivity contribution in [2.75, 3.05) is 24.2 Å². The maximum absolute atomic E-state index is 12.8. The number of fused-ring (bicyclic) bond motifs is 1. The second kappa shape index (κ2) is 7.24. The third-order valence-electron chi connectivity index (χ3n) is 5.15. The molecule has 132 valence electrons. The number of pyridine rings is 1. The van der Waals surface area contributed by atoms with Gasteiger partial charge in [-0.2, -0.15) is 11.8 Å². The zero-order valence-corrected chi connectivity index (χ0v) is 15.5. The Hall–Kier alpha value is -1.75. The number of rotatable bonds is 4. The van der Waals surface area contributed by atoms with E-state index in [0.29, 0.717) is 11.3 Å². The van der Waals surface area contributed by atoms with E-state index in [0.717, 1.165) is 48.2 Å². The molecule has 1 amide bonds. The molecular weight excluding hydrogens is 330 g/mol. The van der Waals surface area contributed by atoms with E-state index in [-0.39, 0.29) is 5.91 Å². The van der Waals surface area contributed by atoms with E-state index in [1.54, 1.807) is 0 Å². The Labute approximate surface area is 153 Å². The van der Waals surface area contributed by atoms with Gasteiger partial charge in [0, 0.05) is 29.8 Å². The third-order valence-corrected chi connectivity index (χ3v) is 6.20. The predicted molar refractivity (Wildman–Crippen MR) is 106 cm³/mol. The minimum Gasteiger partial charge on any atom is -0.355 e. The molecule has 1 aromatic heterocycles. The lowest BCUT2D eigenvalue weighted by molar-refractivity contribution is 0.0952. The lowest BCUT2D eigenvalue weighted by Crippen LogP contribution is -2.31. The van der Waals surface area contributed by atoms with Crippen molar-refractivity contribution in [3.63, 3.8) is 0 Å². The number of hydrogen-bond donors (Lipinski definition) is 1. The summed E-state index contributed by atoms with van der Waals surface area (Å²) in [6.07, 6.45) is 8.11. The number of thioether (sulfide) groups is 1. The minimum atomic E-state index is 0.0404. The summed E-state index contributed by atoms with van der Waals surface area (Å²) < 4.78 is 0. The normalized spacial score (nSPS) is 21.2. The molecule has 1 N–H and O–H groups in total. The monoisotopic (exact) mass is 355 g/mol. The Kier molecular flexibility index (Phi) is 4.84. The van der Waals surface area contributed by atoms with Crippen LogP contribution in [0.5, 0.6) is 0 Å². The van der Waals surface area contributed by atoms with Gasteiger partial charge in [0.05, 0.1) is 11.1 Å². The van der Waals surface area contributed by atoms with Gasteiger partial charge in [-0.15, -0.1) is 0 Å². The number of benzene rings is 1. The summed E-state index contributed by atoms with van der Waals surface area (Å²) in [5.41, 5.74) is 1.67. The minimum absolute atomic E-state index is 0.0404. The Balaban J connectivity index is 1.71. The van der Waals surface area contributed by atoms with Gasteiger partial charge in [0.2, 0.25) is 0 Å². The van der Waals surface area contributed by atoms with Crippen LogP contribution in [0, 0.1) is 0 Å². The molecule has 0 spiro atoms. The van der Waals surface area contributed by atoms with Crippen LogP contribution in [0.2, 0.25) is 0 Å². The molecule has 5 heteroatoms. The number of carbonyl (C=O) groups excluding carboxylic acids is 1. The summed E-state index contributed by atoms with van der Waals surface area (Å²) in [6.45, 7) is 2.03. The molecular formula is C20H25N3OS. The van der Waals surface area contributed by atoms with Gasteiger partial charge >= 0.3 is 0 Å². The number of nitrogens with one attached hydrogen (secondary N) is 1. The van der Waals surface area contributed by atoms with Gasteiger partial charge in [0.25, 0.3) is 5.91 Å². The van der Waals surface area contributed by atoms with Crippen molar-refractivity contribution < 1.29 is 4.79 Å². The number of nitrogens with zero attached hydrogens (tertiary/aromatic N) is 2. The standard InChI is InChI=1S/C20H25N3OS/c1-25-15-6-4-5-11-23(13-15)19-12-17(20(24)21-14-9-10-14)16-7-2-3-8-18(16)22-19/h2-3,7-8,12,14-15H,4-6,9-11,13H2,1H3,(H,21,24). The smallest absolute Gasteiger partial charge is 0.252 e. The van der Waals surface area contributed by atoms with Crippen LogP contribution in [0.15, 0.2) is 30.3 Å². The highest BCUT2D eigenvalue weighted by Crippen LogP contribution is 2.28. The molecule has 1 atom stereocenters. The van der Waals surface area contributed by atoms with Crippen molar-refractivity contribution in [3.05, 3.63) is 35.9 Å². The molecule has 4 nitrogen and oxygen atoms in total. The summed E-state index contributed by atoms with van der Waals surface area (Å²) in [7, 11) is 0. The molecule has 1 saturated carbocycles. The molecule has 4 rings (SSSR count). The van der Waals surface area contributed by atoms with Gasteiger partial charge in [-0.05, 0) is 44.1 Å². The van der Waals surface area contributed by atoms with Crippen LogP contribution in [0.25, 0.3) is 10.9 Å². The van der Waals surface area contributed by atoms with Crippen LogP contribution in [-0.2, 0) is 0 Å².